The zero-order chi connectivity index (χ0) is 14.4. The van der Waals surface area contributed by atoms with Crippen LogP contribution in [0.15, 0.2) is 22.7 Å². The van der Waals surface area contributed by atoms with E-state index in [0.29, 0.717) is 0 Å². The molecule has 1 heterocycles. The van der Waals surface area contributed by atoms with Crippen LogP contribution in [0.25, 0.3) is 11.4 Å². The lowest BCUT2D eigenvalue weighted by atomic mass is 9.98. The molecule has 1 aromatic heterocycles. The molecule has 0 radical (unpaired) electrons. The molecule has 1 aromatic carbocycles. The Morgan fingerprint density at radius 3 is 2.52 bits per heavy atom. The maximum Gasteiger partial charge on any atom is 0.182 e. The van der Waals surface area contributed by atoms with Crippen LogP contribution in [0.5, 0.6) is 0 Å². The summed E-state index contributed by atoms with van der Waals surface area (Å²) in [6.07, 6.45) is 5.51. The first-order valence-corrected chi connectivity index (χ1v) is 8.32. The number of rotatable bonds is 5. The van der Waals surface area contributed by atoms with E-state index in [-0.39, 0.29) is 0 Å². The molecule has 110 valence electrons. The Bertz CT molecular complexity index is 628. The molecule has 6 heteroatoms. The van der Waals surface area contributed by atoms with Crippen LogP contribution in [0.3, 0.4) is 0 Å². The van der Waals surface area contributed by atoms with Crippen LogP contribution in [0, 0.1) is 17.8 Å². The van der Waals surface area contributed by atoms with E-state index < -0.39 is 0 Å². The molecule has 0 spiro atoms. The fourth-order valence-electron chi connectivity index (χ4n) is 3.21. The molecule has 2 N–H and O–H groups in total. The Kier molecular flexibility index (Phi) is 3.21. The van der Waals surface area contributed by atoms with Crippen LogP contribution in [0.2, 0.25) is 0 Å². The monoisotopic (exact) mass is 347 g/mol. The first kappa shape index (κ1) is 13.2. The lowest BCUT2D eigenvalue weighted by Crippen LogP contribution is -2.17. The molecule has 0 unspecified atom stereocenters. The first-order chi connectivity index (χ1) is 10.2. The van der Waals surface area contributed by atoms with Gasteiger partial charge in [0.1, 0.15) is 0 Å². The largest absolute Gasteiger partial charge is 0.399 e. The summed E-state index contributed by atoms with van der Waals surface area (Å²) in [5.41, 5.74) is 7.61. The Morgan fingerprint density at radius 2 is 1.90 bits per heavy atom. The fraction of sp³-hybridized carbons (Fsp3) is 0.533. The summed E-state index contributed by atoms with van der Waals surface area (Å²) in [6, 6.07) is 5.83. The summed E-state index contributed by atoms with van der Waals surface area (Å²) in [5, 5.41) is 12.3. The average Bonchev–Trinajstić information content (AvgIpc) is 3.34. The SMILES string of the molecule is Nc1cc(Br)cc(-c2nnnn2CC(C2CC2)C2CC2)c1. The number of hydrogen-bond acceptors (Lipinski definition) is 4. The van der Waals surface area contributed by atoms with Gasteiger partial charge in [0.25, 0.3) is 0 Å². The third-order valence-corrected chi connectivity index (χ3v) is 5.01. The highest BCUT2D eigenvalue weighted by Crippen LogP contribution is 2.50. The number of tetrazole rings is 1. The van der Waals surface area contributed by atoms with Gasteiger partial charge in [-0.05, 0) is 72.1 Å². The molecule has 2 fully saturated rings. The van der Waals surface area contributed by atoms with E-state index in [1.54, 1.807) is 0 Å². The average molecular weight is 348 g/mol. The van der Waals surface area contributed by atoms with Crippen LogP contribution in [0.1, 0.15) is 25.7 Å². The number of halogens is 1. The van der Waals surface area contributed by atoms with Crippen molar-refractivity contribution in [3.05, 3.63) is 22.7 Å². The Hall–Kier alpha value is -1.43. The van der Waals surface area contributed by atoms with E-state index >= 15 is 0 Å². The van der Waals surface area contributed by atoms with E-state index in [0.717, 1.165) is 45.8 Å². The van der Waals surface area contributed by atoms with E-state index in [9.17, 15) is 0 Å². The minimum Gasteiger partial charge on any atom is -0.399 e. The number of benzene rings is 1. The second-order valence-electron chi connectivity index (χ2n) is 6.30. The highest BCUT2D eigenvalue weighted by Gasteiger charge is 2.41. The topological polar surface area (TPSA) is 69.6 Å². The summed E-state index contributed by atoms with van der Waals surface area (Å²) in [7, 11) is 0. The smallest absolute Gasteiger partial charge is 0.182 e. The molecule has 2 saturated carbocycles. The van der Waals surface area contributed by atoms with Gasteiger partial charge in [0.15, 0.2) is 5.82 Å². The lowest BCUT2D eigenvalue weighted by molar-refractivity contribution is 0.331. The van der Waals surface area contributed by atoms with E-state index in [1.165, 1.54) is 25.7 Å². The summed E-state index contributed by atoms with van der Waals surface area (Å²) in [5.74, 6) is 3.34. The maximum atomic E-state index is 5.93. The minimum absolute atomic E-state index is 0.717. The van der Waals surface area contributed by atoms with Crippen LogP contribution in [-0.2, 0) is 6.54 Å². The van der Waals surface area contributed by atoms with Gasteiger partial charge in [-0.2, -0.15) is 0 Å². The molecule has 2 aromatic rings. The Morgan fingerprint density at radius 1 is 1.19 bits per heavy atom. The van der Waals surface area contributed by atoms with Gasteiger partial charge in [0, 0.05) is 22.3 Å². The second-order valence-corrected chi connectivity index (χ2v) is 7.21. The van der Waals surface area contributed by atoms with E-state index in [4.69, 9.17) is 5.73 Å². The zero-order valence-corrected chi connectivity index (χ0v) is 13.3. The number of nitrogen functional groups attached to an aromatic ring is 1. The number of aromatic nitrogens is 4. The van der Waals surface area contributed by atoms with Crippen LogP contribution in [-0.4, -0.2) is 20.2 Å². The zero-order valence-electron chi connectivity index (χ0n) is 11.7. The van der Waals surface area contributed by atoms with Crippen molar-refractivity contribution in [2.24, 2.45) is 17.8 Å². The van der Waals surface area contributed by atoms with Gasteiger partial charge in [0.2, 0.25) is 0 Å². The summed E-state index contributed by atoms with van der Waals surface area (Å²) >= 11 is 3.48. The predicted octanol–water partition coefficient (Wildman–Crippen LogP) is 3.12. The highest BCUT2D eigenvalue weighted by molar-refractivity contribution is 9.10. The minimum atomic E-state index is 0.717. The van der Waals surface area contributed by atoms with Crippen molar-refractivity contribution in [1.29, 1.82) is 0 Å². The van der Waals surface area contributed by atoms with Crippen molar-refractivity contribution < 1.29 is 0 Å². The van der Waals surface area contributed by atoms with Gasteiger partial charge >= 0.3 is 0 Å². The number of nitrogens with two attached hydrogens (primary N) is 1. The van der Waals surface area contributed by atoms with Crippen molar-refractivity contribution in [2.75, 3.05) is 5.73 Å². The third-order valence-electron chi connectivity index (χ3n) is 4.55. The van der Waals surface area contributed by atoms with Crippen molar-refractivity contribution in [1.82, 2.24) is 20.2 Å². The maximum absolute atomic E-state index is 5.93. The molecule has 0 atom stereocenters. The summed E-state index contributed by atoms with van der Waals surface area (Å²) < 4.78 is 2.91. The fourth-order valence-corrected chi connectivity index (χ4v) is 3.72. The first-order valence-electron chi connectivity index (χ1n) is 7.53. The van der Waals surface area contributed by atoms with Crippen LogP contribution >= 0.6 is 15.9 Å². The van der Waals surface area contributed by atoms with Gasteiger partial charge in [-0.1, -0.05) is 15.9 Å². The quantitative estimate of drug-likeness (QED) is 0.843. The summed E-state index contributed by atoms with van der Waals surface area (Å²) in [4.78, 5) is 0. The normalized spacial score (nSPS) is 18.4. The van der Waals surface area contributed by atoms with Crippen molar-refractivity contribution in [2.45, 2.75) is 32.2 Å². The van der Waals surface area contributed by atoms with E-state index in [2.05, 4.69) is 31.5 Å². The molecule has 21 heavy (non-hydrogen) atoms. The van der Waals surface area contributed by atoms with Crippen molar-refractivity contribution in [3.8, 4) is 11.4 Å². The molecule has 2 aliphatic rings. The molecule has 4 rings (SSSR count). The van der Waals surface area contributed by atoms with Gasteiger partial charge < -0.3 is 5.73 Å². The highest BCUT2D eigenvalue weighted by atomic mass is 79.9. The second kappa shape index (κ2) is 5.09. The number of nitrogens with zero attached hydrogens (tertiary/aromatic N) is 4. The van der Waals surface area contributed by atoms with Gasteiger partial charge in [0.05, 0.1) is 0 Å². The number of anilines is 1. The standard InChI is InChI=1S/C15H18BrN5/c16-12-5-11(6-13(17)7-12)15-18-19-20-21(15)8-14(9-1-2-9)10-3-4-10/h5-7,9-10,14H,1-4,8,17H2. The van der Waals surface area contributed by atoms with Crippen LogP contribution < -0.4 is 5.73 Å². The molecule has 0 bridgehead atoms. The number of hydrogen-bond donors (Lipinski definition) is 1. The van der Waals surface area contributed by atoms with Gasteiger partial charge in [-0.3, -0.25) is 0 Å². The van der Waals surface area contributed by atoms with Gasteiger partial charge in [-0.15, -0.1) is 5.10 Å². The lowest BCUT2D eigenvalue weighted by Gasteiger charge is -2.16. The Balaban J connectivity index is 1.63. The van der Waals surface area contributed by atoms with E-state index in [1.807, 2.05) is 22.9 Å². The third kappa shape index (κ3) is 2.81. The molecule has 0 saturated heterocycles. The molecule has 5 nitrogen and oxygen atoms in total. The predicted molar refractivity (Wildman–Crippen MR) is 84.3 cm³/mol. The van der Waals surface area contributed by atoms with Crippen molar-refractivity contribution >= 4 is 21.6 Å². The summed E-state index contributed by atoms with van der Waals surface area (Å²) in [6.45, 7) is 0.935. The molecular weight excluding hydrogens is 330 g/mol. The molecule has 0 amide bonds. The Labute approximate surface area is 132 Å². The van der Waals surface area contributed by atoms with Crippen LogP contribution in [0.4, 0.5) is 5.69 Å². The molecule has 0 aliphatic heterocycles. The van der Waals surface area contributed by atoms with Crippen molar-refractivity contribution in [3.63, 3.8) is 0 Å². The van der Waals surface area contributed by atoms with Gasteiger partial charge in [-0.25, -0.2) is 4.68 Å². The molecular formula is C15H18BrN5. The molecule has 2 aliphatic carbocycles.